The molecular weight excluding hydrogens is 467 g/mol. The Morgan fingerprint density at radius 2 is 1.91 bits per heavy atom. The molecule has 11 nitrogen and oxygen atoms in total. The van der Waals surface area contributed by atoms with Crippen molar-refractivity contribution in [1.82, 2.24) is 35.0 Å². The number of carbonyl (C=O) groups excluding carboxylic acids is 1. The van der Waals surface area contributed by atoms with Crippen molar-refractivity contribution in [3.8, 4) is 17.1 Å². The Labute approximate surface area is 196 Å². The average molecular weight is 487 g/mol. The predicted molar refractivity (Wildman–Crippen MR) is 118 cm³/mol. The summed E-state index contributed by atoms with van der Waals surface area (Å²) in [6.45, 7) is 0.890. The second kappa shape index (κ2) is 8.85. The normalized spacial score (nSPS) is 14.9. The number of anilines is 2. The van der Waals surface area contributed by atoms with E-state index in [2.05, 4.69) is 35.8 Å². The minimum atomic E-state index is -4.66. The van der Waals surface area contributed by atoms with Crippen LogP contribution in [0, 0.1) is 5.92 Å². The van der Waals surface area contributed by atoms with Gasteiger partial charge in [0.1, 0.15) is 11.6 Å². The highest BCUT2D eigenvalue weighted by molar-refractivity contribution is 5.91. The summed E-state index contributed by atoms with van der Waals surface area (Å²) in [4.78, 5) is 18.9. The Morgan fingerprint density at radius 3 is 2.66 bits per heavy atom. The smallest absolute Gasteiger partial charge is 0.453 e. The molecule has 0 unspecified atom stereocenters. The molecule has 3 aromatic heterocycles. The van der Waals surface area contributed by atoms with Gasteiger partial charge >= 0.3 is 6.18 Å². The number of fused-ring (bicyclic) bond motifs is 1. The zero-order valence-electron chi connectivity index (χ0n) is 18.5. The van der Waals surface area contributed by atoms with Crippen LogP contribution >= 0.6 is 0 Å². The summed E-state index contributed by atoms with van der Waals surface area (Å²) in [7, 11) is 1.55. The van der Waals surface area contributed by atoms with Gasteiger partial charge in [0, 0.05) is 19.0 Å². The first-order valence-electron chi connectivity index (χ1n) is 10.7. The van der Waals surface area contributed by atoms with Crippen molar-refractivity contribution < 1.29 is 22.7 Å². The fourth-order valence-corrected chi connectivity index (χ4v) is 3.99. The van der Waals surface area contributed by atoms with Crippen molar-refractivity contribution in [2.24, 2.45) is 5.92 Å². The highest BCUT2D eigenvalue weighted by atomic mass is 19.4. The molecule has 4 heterocycles. The van der Waals surface area contributed by atoms with E-state index in [9.17, 15) is 18.0 Å². The molecule has 0 bridgehead atoms. The molecule has 1 saturated heterocycles. The van der Waals surface area contributed by atoms with Crippen molar-refractivity contribution >= 4 is 23.3 Å². The van der Waals surface area contributed by atoms with E-state index in [0.29, 0.717) is 53.4 Å². The van der Waals surface area contributed by atoms with Crippen molar-refractivity contribution in [3.05, 3.63) is 42.2 Å². The molecule has 1 aliphatic rings. The van der Waals surface area contributed by atoms with Crippen LogP contribution in [0.5, 0.6) is 5.75 Å². The molecule has 1 aliphatic heterocycles. The van der Waals surface area contributed by atoms with E-state index >= 15 is 0 Å². The lowest BCUT2D eigenvalue weighted by atomic mass is 9.96. The highest BCUT2D eigenvalue weighted by Gasteiger charge is 2.38. The number of amides is 1. The summed E-state index contributed by atoms with van der Waals surface area (Å²) in [5, 5.41) is 20.4. The van der Waals surface area contributed by atoms with Crippen LogP contribution in [-0.4, -0.2) is 61.1 Å². The average Bonchev–Trinajstić information content (AvgIpc) is 3.50. The molecule has 0 saturated carbocycles. The number of alkyl halides is 3. The second-order valence-corrected chi connectivity index (χ2v) is 7.94. The topological polar surface area (TPSA) is 126 Å². The number of carbonyl (C=O) groups is 1. The fraction of sp³-hybridized carbons (Fsp3) is 0.333. The fourth-order valence-electron chi connectivity index (χ4n) is 3.99. The van der Waals surface area contributed by atoms with Gasteiger partial charge in [-0.25, -0.2) is 0 Å². The maximum absolute atomic E-state index is 13.1. The van der Waals surface area contributed by atoms with Gasteiger partial charge in [-0.3, -0.25) is 15.2 Å². The van der Waals surface area contributed by atoms with Gasteiger partial charge in [-0.1, -0.05) is 12.1 Å². The number of hydrogen-bond donors (Lipinski definition) is 2. The number of aromatic amines is 1. The lowest BCUT2D eigenvalue weighted by Gasteiger charge is -2.31. The summed E-state index contributed by atoms with van der Waals surface area (Å²) >= 11 is 0. The summed E-state index contributed by atoms with van der Waals surface area (Å²) in [5.74, 6) is -0.117. The zero-order valence-corrected chi connectivity index (χ0v) is 18.5. The number of rotatable bonds is 5. The van der Waals surface area contributed by atoms with Gasteiger partial charge in [0.15, 0.2) is 11.5 Å². The van der Waals surface area contributed by atoms with Crippen molar-refractivity contribution in [1.29, 1.82) is 0 Å². The molecule has 0 atom stereocenters. The lowest BCUT2D eigenvalue weighted by molar-refractivity contribution is -0.146. The third-order valence-electron chi connectivity index (χ3n) is 5.77. The predicted octanol–water partition coefficient (Wildman–Crippen LogP) is 2.79. The number of aromatic nitrogens is 7. The molecule has 2 N–H and O–H groups in total. The van der Waals surface area contributed by atoms with E-state index in [4.69, 9.17) is 4.74 Å². The van der Waals surface area contributed by atoms with Crippen molar-refractivity contribution in [3.63, 3.8) is 0 Å². The molecule has 0 aliphatic carbocycles. The van der Waals surface area contributed by atoms with Crippen LogP contribution in [0.3, 0.4) is 0 Å². The summed E-state index contributed by atoms with van der Waals surface area (Å²) in [6.07, 6.45) is -3.69. The Kier molecular flexibility index (Phi) is 5.70. The maximum Gasteiger partial charge on any atom is 0.453 e. The Balaban J connectivity index is 1.23. The monoisotopic (exact) mass is 487 g/mol. The van der Waals surface area contributed by atoms with Crippen LogP contribution in [-0.2, 0) is 11.0 Å². The Morgan fingerprint density at radius 1 is 1.14 bits per heavy atom. The van der Waals surface area contributed by atoms with E-state index in [1.165, 1.54) is 6.07 Å². The molecule has 1 amide bonds. The van der Waals surface area contributed by atoms with Crippen LogP contribution in [0.4, 0.5) is 24.9 Å². The van der Waals surface area contributed by atoms with E-state index in [-0.39, 0.29) is 23.4 Å². The van der Waals surface area contributed by atoms with Crippen LogP contribution in [0.2, 0.25) is 0 Å². The largest absolute Gasteiger partial charge is 0.496 e. The van der Waals surface area contributed by atoms with E-state index in [1.807, 2.05) is 23.1 Å². The molecule has 5 rings (SSSR count). The van der Waals surface area contributed by atoms with Gasteiger partial charge in [0.05, 0.1) is 12.7 Å². The van der Waals surface area contributed by atoms with Crippen molar-refractivity contribution in [2.75, 3.05) is 30.4 Å². The molecule has 182 valence electrons. The van der Waals surface area contributed by atoms with Crippen LogP contribution in [0.25, 0.3) is 17.0 Å². The molecule has 1 fully saturated rings. The Hall–Kier alpha value is -4.23. The number of hydrogen-bond acceptors (Lipinski definition) is 8. The first-order valence-corrected chi connectivity index (χ1v) is 10.7. The minimum Gasteiger partial charge on any atom is -0.496 e. The first-order chi connectivity index (χ1) is 16.8. The number of nitrogens with zero attached hydrogens (tertiary/aromatic N) is 7. The second-order valence-electron chi connectivity index (χ2n) is 7.94. The minimum absolute atomic E-state index is 0.00864. The van der Waals surface area contributed by atoms with Crippen LogP contribution in [0.15, 0.2) is 36.4 Å². The van der Waals surface area contributed by atoms with Crippen LogP contribution < -0.4 is 15.0 Å². The first kappa shape index (κ1) is 22.6. The van der Waals surface area contributed by atoms with Gasteiger partial charge in [0.25, 0.3) is 5.82 Å². The standard InChI is InChI=1S/C21H20F3N9O2/c1-35-14-5-3-2-4-13(14)17-25-20(30-28-17)26-18(34)12-8-10-32(11-9-12)16-7-6-15-27-29-19(21(22,23)24)33(15)31-16/h2-7,12H,8-11H2,1H3,(H2,25,26,28,30,34). The van der Waals surface area contributed by atoms with Gasteiger partial charge < -0.3 is 9.64 Å². The van der Waals surface area contributed by atoms with Gasteiger partial charge in [-0.05, 0) is 37.1 Å². The lowest BCUT2D eigenvalue weighted by Crippen LogP contribution is -2.39. The number of methoxy groups -OCH3 is 1. The summed E-state index contributed by atoms with van der Waals surface area (Å²) < 4.78 is 45.4. The summed E-state index contributed by atoms with van der Waals surface area (Å²) in [5.41, 5.74) is 0.719. The summed E-state index contributed by atoms with van der Waals surface area (Å²) in [6, 6.07) is 10.3. The van der Waals surface area contributed by atoms with E-state index < -0.39 is 12.0 Å². The SMILES string of the molecule is COc1ccccc1-c1nc(NC(=O)C2CCN(c3ccc4nnc(C(F)(F)F)n4n3)CC2)n[nH]1. The van der Waals surface area contributed by atoms with Gasteiger partial charge in [-0.15, -0.1) is 20.4 Å². The van der Waals surface area contributed by atoms with Gasteiger partial charge in [0.2, 0.25) is 11.9 Å². The number of para-hydroxylation sites is 1. The van der Waals surface area contributed by atoms with Crippen molar-refractivity contribution in [2.45, 2.75) is 19.0 Å². The number of piperidine rings is 1. The quantitative estimate of drug-likeness (QED) is 0.440. The van der Waals surface area contributed by atoms with E-state index in [1.54, 1.807) is 19.2 Å². The van der Waals surface area contributed by atoms with E-state index in [0.717, 1.165) is 0 Å². The number of halogens is 3. The zero-order chi connectivity index (χ0) is 24.6. The highest BCUT2D eigenvalue weighted by Crippen LogP contribution is 2.29. The molecule has 4 aromatic rings. The number of nitrogens with one attached hydrogen (secondary N) is 2. The third-order valence-corrected chi connectivity index (χ3v) is 5.77. The molecule has 35 heavy (non-hydrogen) atoms. The molecule has 0 spiro atoms. The third kappa shape index (κ3) is 4.46. The molecular formula is C21H20F3N9O2. The molecule has 1 aromatic carbocycles. The maximum atomic E-state index is 13.1. The number of H-pyrrole nitrogens is 1. The Bertz CT molecular complexity index is 1360. The molecule has 0 radical (unpaired) electrons. The molecule has 14 heteroatoms. The number of ether oxygens (including phenoxy) is 1. The number of benzene rings is 1. The van der Waals surface area contributed by atoms with Gasteiger partial charge in [-0.2, -0.15) is 22.7 Å². The van der Waals surface area contributed by atoms with Crippen LogP contribution in [0.1, 0.15) is 18.7 Å².